The van der Waals surface area contributed by atoms with Gasteiger partial charge in [0.05, 0.1) is 18.9 Å². The second-order valence-electron chi connectivity index (χ2n) is 8.14. The summed E-state index contributed by atoms with van der Waals surface area (Å²) in [6, 6.07) is 0. The molecule has 0 aromatic rings. The minimum atomic E-state index is -0.428. The lowest BCUT2D eigenvalue weighted by Crippen LogP contribution is -2.40. The molecule has 3 atom stereocenters. The summed E-state index contributed by atoms with van der Waals surface area (Å²) in [7, 11) is 1.47. The third-order valence-electron chi connectivity index (χ3n) is 5.15. The Hall–Kier alpha value is -1.06. The van der Waals surface area contributed by atoms with Gasteiger partial charge < -0.3 is 9.47 Å². The van der Waals surface area contributed by atoms with Crippen LogP contribution in [-0.2, 0) is 19.1 Å². The van der Waals surface area contributed by atoms with E-state index >= 15 is 0 Å². The van der Waals surface area contributed by atoms with Gasteiger partial charge in [-0.1, -0.05) is 12.8 Å². The molecular weight excluding hydrogens is 280 g/mol. The number of rotatable bonds is 2. The van der Waals surface area contributed by atoms with Crippen LogP contribution in [0.2, 0.25) is 0 Å². The summed E-state index contributed by atoms with van der Waals surface area (Å²) in [6.07, 6.45) is 7.94. The molecule has 2 aliphatic rings. The zero-order valence-corrected chi connectivity index (χ0v) is 14.4. The smallest absolute Gasteiger partial charge is 0.309 e. The maximum absolute atomic E-state index is 12.4. The Morgan fingerprint density at radius 3 is 1.91 bits per heavy atom. The minimum absolute atomic E-state index is 0.00984. The summed E-state index contributed by atoms with van der Waals surface area (Å²) < 4.78 is 10.5. The molecule has 4 heteroatoms. The first-order valence-electron chi connectivity index (χ1n) is 8.55. The molecule has 2 fully saturated rings. The second-order valence-corrected chi connectivity index (χ2v) is 8.14. The highest BCUT2D eigenvalue weighted by molar-refractivity contribution is 5.74. The van der Waals surface area contributed by atoms with E-state index in [9.17, 15) is 9.59 Å². The van der Waals surface area contributed by atoms with Gasteiger partial charge in [-0.2, -0.15) is 0 Å². The first-order valence-corrected chi connectivity index (χ1v) is 8.55. The van der Waals surface area contributed by atoms with E-state index in [1.165, 1.54) is 7.11 Å². The molecule has 126 valence electrons. The van der Waals surface area contributed by atoms with Crippen LogP contribution in [0.3, 0.4) is 0 Å². The number of methoxy groups -OCH3 is 1. The van der Waals surface area contributed by atoms with Crippen LogP contribution < -0.4 is 0 Å². The van der Waals surface area contributed by atoms with Crippen LogP contribution >= 0.6 is 0 Å². The summed E-state index contributed by atoms with van der Waals surface area (Å²) in [4.78, 5) is 24.3. The number of hydrogen-bond acceptors (Lipinski definition) is 4. The van der Waals surface area contributed by atoms with Gasteiger partial charge >= 0.3 is 11.9 Å². The van der Waals surface area contributed by atoms with Crippen molar-refractivity contribution in [3.05, 3.63) is 0 Å². The number of carbonyl (C=O) groups excluding carboxylic acids is 2. The van der Waals surface area contributed by atoms with Crippen molar-refractivity contribution < 1.29 is 19.1 Å². The monoisotopic (exact) mass is 310 g/mol. The van der Waals surface area contributed by atoms with Crippen LogP contribution in [0.25, 0.3) is 0 Å². The van der Waals surface area contributed by atoms with Gasteiger partial charge in [-0.3, -0.25) is 9.59 Å². The van der Waals surface area contributed by atoms with E-state index in [4.69, 9.17) is 9.47 Å². The Morgan fingerprint density at radius 1 is 0.955 bits per heavy atom. The summed E-state index contributed by atoms with van der Waals surface area (Å²) in [5.41, 5.74) is -0.292. The standard InChI is InChI=1S/C18H30O4/c1-17(2,3)22-16(20)14-8-6-10-18(12-14)9-5-7-13(11-18)15(19)21-4/h13-14H,5-12H2,1-4H3. The molecule has 2 saturated carbocycles. The average Bonchev–Trinajstić information content (AvgIpc) is 2.44. The van der Waals surface area contributed by atoms with Crippen molar-refractivity contribution in [2.75, 3.05) is 7.11 Å². The van der Waals surface area contributed by atoms with Crippen molar-refractivity contribution in [3.63, 3.8) is 0 Å². The molecule has 0 radical (unpaired) electrons. The number of carbonyl (C=O) groups is 2. The van der Waals surface area contributed by atoms with Crippen LogP contribution in [0.4, 0.5) is 0 Å². The molecule has 2 aliphatic carbocycles. The molecule has 4 nitrogen and oxygen atoms in total. The molecule has 0 aromatic heterocycles. The van der Waals surface area contributed by atoms with E-state index in [2.05, 4.69) is 0 Å². The Balaban J connectivity index is 2.02. The van der Waals surface area contributed by atoms with Crippen molar-refractivity contribution in [1.82, 2.24) is 0 Å². The van der Waals surface area contributed by atoms with Crippen molar-refractivity contribution in [1.29, 1.82) is 0 Å². The van der Waals surface area contributed by atoms with Gasteiger partial charge in [0.25, 0.3) is 0 Å². The van der Waals surface area contributed by atoms with Crippen LogP contribution in [0.5, 0.6) is 0 Å². The number of hydrogen-bond donors (Lipinski definition) is 0. The van der Waals surface area contributed by atoms with Crippen LogP contribution in [0.15, 0.2) is 0 Å². The number of esters is 2. The van der Waals surface area contributed by atoms with E-state index in [0.29, 0.717) is 0 Å². The lowest BCUT2D eigenvalue weighted by atomic mass is 9.60. The Bertz CT molecular complexity index is 419. The Labute approximate surface area is 133 Å². The van der Waals surface area contributed by atoms with E-state index in [0.717, 1.165) is 51.4 Å². The summed E-state index contributed by atoms with van der Waals surface area (Å²) in [5, 5.41) is 0. The SMILES string of the molecule is COC(=O)C1CCCC2(CCCC(C(=O)OC(C)(C)C)C2)C1. The second kappa shape index (κ2) is 6.59. The third kappa shape index (κ3) is 4.23. The van der Waals surface area contributed by atoms with Crippen molar-refractivity contribution in [2.45, 2.75) is 77.7 Å². The van der Waals surface area contributed by atoms with Crippen molar-refractivity contribution in [3.8, 4) is 0 Å². The highest BCUT2D eigenvalue weighted by atomic mass is 16.6. The van der Waals surface area contributed by atoms with E-state index < -0.39 is 5.60 Å². The predicted octanol–water partition coefficient (Wildman–Crippen LogP) is 3.87. The third-order valence-corrected chi connectivity index (χ3v) is 5.15. The molecule has 0 bridgehead atoms. The molecule has 1 spiro atoms. The quantitative estimate of drug-likeness (QED) is 0.727. The van der Waals surface area contributed by atoms with Gasteiger partial charge in [0, 0.05) is 0 Å². The molecule has 0 N–H and O–H groups in total. The van der Waals surface area contributed by atoms with E-state index in [1.807, 2.05) is 20.8 Å². The molecular formula is C18H30O4. The fraction of sp³-hybridized carbons (Fsp3) is 0.889. The molecule has 0 heterocycles. The first-order chi connectivity index (χ1) is 10.2. The first kappa shape index (κ1) is 17.3. The van der Waals surface area contributed by atoms with Crippen LogP contribution in [0, 0.1) is 17.3 Å². The molecule has 0 aromatic carbocycles. The van der Waals surface area contributed by atoms with E-state index in [1.54, 1.807) is 0 Å². The van der Waals surface area contributed by atoms with Crippen LogP contribution in [-0.4, -0.2) is 24.6 Å². The van der Waals surface area contributed by atoms with Crippen molar-refractivity contribution in [2.24, 2.45) is 17.3 Å². The Morgan fingerprint density at radius 2 is 1.45 bits per heavy atom. The molecule has 2 rings (SSSR count). The van der Waals surface area contributed by atoms with Gasteiger partial charge in [0.15, 0.2) is 0 Å². The maximum atomic E-state index is 12.4. The molecule has 3 unspecified atom stereocenters. The van der Waals surface area contributed by atoms with Gasteiger partial charge in [0.2, 0.25) is 0 Å². The van der Waals surface area contributed by atoms with Gasteiger partial charge in [-0.15, -0.1) is 0 Å². The number of ether oxygens (including phenoxy) is 2. The highest BCUT2D eigenvalue weighted by Gasteiger charge is 2.44. The summed E-state index contributed by atoms with van der Waals surface area (Å²) >= 11 is 0. The van der Waals surface area contributed by atoms with Gasteiger partial charge in [-0.05, 0) is 64.7 Å². The van der Waals surface area contributed by atoms with Crippen LogP contribution in [0.1, 0.15) is 72.1 Å². The molecule has 0 saturated heterocycles. The fourth-order valence-corrected chi connectivity index (χ4v) is 4.27. The topological polar surface area (TPSA) is 52.6 Å². The Kier molecular flexibility index (Phi) is 5.18. The molecule has 0 amide bonds. The zero-order chi connectivity index (χ0) is 16.4. The zero-order valence-electron chi connectivity index (χ0n) is 14.4. The van der Waals surface area contributed by atoms with Gasteiger partial charge in [0.1, 0.15) is 5.60 Å². The predicted molar refractivity (Wildman–Crippen MR) is 84.2 cm³/mol. The molecule has 0 aliphatic heterocycles. The minimum Gasteiger partial charge on any atom is -0.469 e. The van der Waals surface area contributed by atoms with Gasteiger partial charge in [-0.25, -0.2) is 0 Å². The average molecular weight is 310 g/mol. The summed E-state index contributed by atoms with van der Waals surface area (Å²) in [6.45, 7) is 5.74. The normalized spacial score (nSPS) is 32.5. The van der Waals surface area contributed by atoms with E-state index in [-0.39, 0.29) is 29.2 Å². The van der Waals surface area contributed by atoms with Crippen molar-refractivity contribution >= 4 is 11.9 Å². The fourth-order valence-electron chi connectivity index (χ4n) is 4.27. The summed E-state index contributed by atoms with van der Waals surface area (Å²) in [5.74, 6) is -0.147. The largest absolute Gasteiger partial charge is 0.469 e. The highest BCUT2D eigenvalue weighted by Crippen LogP contribution is 2.51. The lowest BCUT2D eigenvalue weighted by Gasteiger charge is -2.45. The maximum Gasteiger partial charge on any atom is 0.309 e. The lowest BCUT2D eigenvalue weighted by molar-refractivity contribution is -0.163. The molecule has 22 heavy (non-hydrogen) atoms.